The normalized spacial score (nSPS) is 11.3. The molecule has 0 atom stereocenters. The number of ether oxygens (including phenoxy) is 6. The van der Waals surface area contributed by atoms with Crippen LogP contribution in [0.3, 0.4) is 0 Å². The van der Waals surface area contributed by atoms with Crippen molar-refractivity contribution in [1.82, 2.24) is 0 Å². The van der Waals surface area contributed by atoms with E-state index in [1.54, 1.807) is 0 Å². The Hall–Kier alpha value is -6.66. The zero-order valence-electron chi connectivity index (χ0n) is 61.0. The van der Waals surface area contributed by atoms with E-state index >= 15 is 0 Å². The van der Waals surface area contributed by atoms with Crippen molar-refractivity contribution < 1.29 is 28.4 Å². The molecule has 7 aromatic carbocycles. The van der Waals surface area contributed by atoms with Crippen LogP contribution in [0.5, 0.6) is 34.5 Å². The minimum absolute atomic E-state index is 0.645. The Morgan fingerprint density at radius 2 is 0.312 bits per heavy atom. The molecule has 0 N–H and O–H groups in total. The Balaban J connectivity index is 1.28. The second-order valence-corrected chi connectivity index (χ2v) is 27.1. The summed E-state index contributed by atoms with van der Waals surface area (Å²) in [5.41, 5.74) is 12.9. The molecule has 0 saturated heterocycles. The number of rotatable bonds is 54. The van der Waals surface area contributed by atoms with Crippen LogP contribution in [0.15, 0.2) is 146 Å². The van der Waals surface area contributed by atoms with Crippen LogP contribution < -0.4 is 28.4 Å². The molecule has 0 saturated carbocycles. The monoisotopic (exact) mass is 1300 g/mol. The van der Waals surface area contributed by atoms with Crippen molar-refractivity contribution in [3.63, 3.8) is 0 Å². The molecule has 0 aliphatic carbocycles. The van der Waals surface area contributed by atoms with E-state index in [9.17, 15) is 0 Å². The number of benzene rings is 7. The lowest BCUT2D eigenvalue weighted by atomic mass is 9.93. The number of hydrogen-bond donors (Lipinski definition) is 0. The summed E-state index contributed by atoms with van der Waals surface area (Å²) < 4.78 is 41.5. The van der Waals surface area contributed by atoms with Crippen molar-refractivity contribution in [3.05, 3.63) is 146 Å². The maximum Gasteiger partial charge on any atom is 0.128 e. The van der Waals surface area contributed by atoms with E-state index in [1.807, 2.05) is 0 Å². The fraction of sp³-hybridized carbons (Fsp3) is 0.533. The van der Waals surface area contributed by atoms with Crippen molar-refractivity contribution in [2.45, 2.75) is 273 Å². The average molecular weight is 1300 g/mol. The summed E-state index contributed by atoms with van der Waals surface area (Å²) in [6.07, 6.45) is 43.4. The summed E-state index contributed by atoms with van der Waals surface area (Å²) in [5, 5.41) is 0. The lowest BCUT2D eigenvalue weighted by Crippen LogP contribution is -2.04. The van der Waals surface area contributed by atoms with Gasteiger partial charge in [0.1, 0.15) is 34.5 Å². The molecule has 96 heavy (non-hydrogen) atoms. The highest BCUT2D eigenvalue weighted by molar-refractivity contribution is 5.86. The topological polar surface area (TPSA) is 55.4 Å². The van der Waals surface area contributed by atoms with Gasteiger partial charge in [0.05, 0.1) is 39.6 Å². The largest absolute Gasteiger partial charge is 0.493 e. The van der Waals surface area contributed by atoms with Gasteiger partial charge in [0.25, 0.3) is 0 Å². The van der Waals surface area contributed by atoms with Crippen molar-refractivity contribution >= 4 is 0 Å². The van der Waals surface area contributed by atoms with Gasteiger partial charge in [-0.25, -0.2) is 0 Å². The van der Waals surface area contributed by atoms with E-state index in [0.29, 0.717) is 39.6 Å². The predicted octanol–water partition coefficient (Wildman–Crippen LogP) is 28.1. The Bertz CT molecular complexity index is 2920. The average Bonchev–Trinajstić information content (AvgIpc) is 0.800. The molecule has 6 nitrogen and oxygen atoms in total. The van der Waals surface area contributed by atoms with Crippen molar-refractivity contribution in [3.8, 4) is 101 Å². The number of hydrogen-bond acceptors (Lipinski definition) is 6. The third-order valence-corrected chi connectivity index (χ3v) is 19.0. The van der Waals surface area contributed by atoms with Crippen LogP contribution >= 0.6 is 0 Å². The van der Waals surface area contributed by atoms with Gasteiger partial charge >= 0.3 is 0 Å². The van der Waals surface area contributed by atoms with Crippen molar-refractivity contribution in [1.29, 1.82) is 0 Å². The fourth-order valence-electron chi connectivity index (χ4n) is 13.0. The van der Waals surface area contributed by atoms with Gasteiger partial charge in [0.2, 0.25) is 0 Å². The summed E-state index contributed by atoms with van der Waals surface area (Å²) >= 11 is 0. The number of unbranched alkanes of at least 4 members (excludes halogenated alkanes) is 30. The fourth-order valence-corrected chi connectivity index (χ4v) is 13.0. The van der Waals surface area contributed by atoms with E-state index in [2.05, 4.69) is 187 Å². The van der Waals surface area contributed by atoms with Crippen LogP contribution in [0.4, 0.5) is 0 Å². The van der Waals surface area contributed by atoms with Crippen LogP contribution in [0, 0.1) is 0 Å². The molecular weight excluding hydrogens is 1180 g/mol. The summed E-state index contributed by atoms with van der Waals surface area (Å²) in [7, 11) is 0. The molecule has 0 aliphatic heterocycles. The molecule has 6 heteroatoms. The Morgan fingerprint density at radius 1 is 0.167 bits per heavy atom. The Morgan fingerprint density at radius 3 is 0.479 bits per heavy atom. The lowest BCUT2D eigenvalue weighted by Gasteiger charge is -2.20. The van der Waals surface area contributed by atoms with E-state index in [1.165, 1.54) is 180 Å². The molecule has 0 spiro atoms. The van der Waals surface area contributed by atoms with Gasteiger partial charge in [-0.15, -0.1) is 0 Å². The first-order valence-electron chi connectivity index (χ1n) is 39.1. The highest BCUT2D eigenvalue weighted by atomic mass is 16.5. The molecule has 0 aromatic heterocycles. The van der Waals surface area contributed by atoms with Gasteiger partial charge in [0.15, 0.2) is 0 Å². The van der Waals surface area contributed by atoms with Gasteiger partial charge in [-0.2, -0.15) is 0 Å². The summed E-state index contributed by atoms with van der Waals surface area (Å²) in [6.45, 7) is 17.7. The third kappa shape index (κ3) is 27.0. The lowest BCUT2D eigenvalue weighted by molar-refractivity contribution is 0.298. The van der Waals surface area contributed by atoms with Gasteiger partial charge in [-0.05, 0) is 108 Å². The molecule has 0 aliphatic rings. The highest BCUT2D eigenvalue weighted by Gasteiger charge is 2.21. The zero-order chi connectivity index (χ0) is 67.3. The first-order valence-corrected chi connectivity index (χ1v) is 39.1. The van der Waals surface area contributed by atoms with Crippen LogP contribution in [0.25, 0.3) is 66.8 Å². The van der Waals surface area contributed by atoms with Crippen LogP contribution in [-0.4, -0.2) is 39.6 Å². The minimum Gasteiger partial charge on any atom is -0.493 e. The second kappa shape index (κ2) is 47.3. The van der Waals surface area contributed by atoms with Crippen molar-refractivity contribution in [2.75, 3.05) is 39.6 Å². The summed E-state index contributed by atoms with van der Waals surface area (Å²) in [5.74, 6) is 5.33. The SMILES string of the molecule is CCCCCCCCOc1cc(-c2ccc(-c3cc(OCCCCCCCC)c(-c4ccc(-c5cc(OCCCCCCCC)c(-c6ccccc6)cc5OCCCCCCCC)cc4)cc3OCCCCCCCC)cc2)c(OCCCCCCCC)cc1-c1ccccc1. The minimum atomic E-state index is 0.645. The molecule has 0 bridgehead atoms. The summed E-state index contributed by atoms with van der Waals surface area (Å²) in [4.78, 5) is 0. The first-order chi connectivity index (χ1) is 47.5. The van der Waals surface area contributed by atoms with Gasteiger partial charge < -0.3 is 28.4 Å². The Kier molecular flexibility index (Phi) is 37.8. The molecule has 0 radical (unpaired) electrons. The van der Waals surface area contributed by atoms with Gasteiger partial charge in [-0.1, -0.05) is 343 Å². The molecule has 0 unspecified atom stereocenters. The second-order valence-electron chi connectivity index (χ2n) is 27.1. The third-order valence-electron chi connectivity index (χ3n) is 19.0. The van der Waals surface area contributed by atoms with Crippen LogP contribution in [-0.2, 0) is 0 Å². The summed E-state index contributed by atoms with van der Waals surface area (Å²) in [6, 6.07) is 53.1. The molecular formula is C90H126O6. The molecule has 7 aromatic rings. The smallest absolute Gasteiger partial charge is 0.128 e. The van der Waals surface area contributed by atoms with Gasteiger partial charge in [-0.3, -0.25) is 0 Å². The van der Waals surface area contributed by atoms with Crippen LogP contribution in [0.2, 0.25) is 0 Å². The van der Waals surface area contributed by atoms with E-state index in [-0.39, 0.29) is 0 Å². The molecule has 0 amide bonds. The standard InChI is InChI=1S/C90H126O6/c1-7-13-19-25-31-43-61-91-85-69-81(87(93-63-45-33-27-21-15-9-3)67-79(85)73-49-39-37-40-50-73)75-53-57-77(58-54-75)83-71-90(96-66-48-36-30-24-18-12-6)84(72-89(83)95-65-47-35-29-23-17-11-5)78-59-55-76(56-60-78)82-70-86(92-62-44-32-26-20-14-8-2)80(74-51-41-38-42-52-74)68-88(82)94-64-46-34-28-22-16-10-4/h37-42,49-60,67-72H,7-36,43-48,61-66H2,1-6H3. The van der Waals surface area contributed by atoms with E-state index in [0.717, 1.165) is 153 Å². The predicted molar refractivity (Wildman–Crippen MR) is 412 cm³/mol. The van der Waals surface area contributed by atoms with E-state index < -0.39 is 0 Å². The molecule has 0 heterocycles. The maximum atomic E-state index is 7.05. The highest BCUT2D eigenvalue weighted by Crippen LogP contribution is 2.47. The zero-order valence-corrected chi connectivity index (χ0v) is 61.0. The van der Waals surface area contributed by atoms with Crippen LogP contribution in [0.1, 0.15) is 273 Å². The molecule has 522 valence electrons. The first kappa shape index (κ1) is 76.7. The quantitative estimate of drug-likeness (QED) is 0.0354. The van der Waals surface area contributed by atoms with Crippen molar-refractivity contribution in [2.24, 2.45) is 0 Å². The van der Waals surface area contributed by atoms with Gasteiger partial charge in [0, 0.05) is 33.4 Å². The molecule has 0 fully saturated rings. The van der Waals surface area contributed by atoms with E-state index in [4.69, 9.17) is 28.4 Å². The molecule has 7 rings (SSSR count). The Labute approximate surface area is 584 Å². The maximum absolute atomic E-state index is 7.05.